The van der Waals surface area contributed by atoms with Crippen LogP contribution in [-0.2, 0) is 14.8 Å². The van der Waals surface area contributed by atoms with Gasteiger partial charge in [0.15, 0.2) is 0 Å². The van der Waals surface area contributed by atoms with Crippen LogP contribution < -0.4 is 9.88 Å². The first-order valence-electron chi connectivity index (χ1n) is 5.44. The number of halogens is 2. The zero-order chi connectivity index (χ0) is 15.5. The van der Waals surface area contributed by atoms with E-state index in [1.54, 1.807) is 13.8 Å². The molecule has 0 aliphatic rings. The van der Waals surface area contributed by atoms with Gasteiger partial charge in [-0.1, -0.05) is 6.07 Å². The second kappa shape index (κ2) is 6.14. The van der Waals surface area contributed by atoms with Gasteiger partial charge in [0.25, 0.3) is 0 Å². The van der Waals surface area contributed by atoms with E-state index >= 15 is 0 Å². The van der Waals surface area contributed by atoms with E-state index in [0.717, 1.165) is 12.1 Å². The number of carbonyl (C=O) groups excluding carboxylic acids is 1. The summed E-state index contributed by atoms with van der Waals surface area (Å²) in [4.78, 5) is 10.9. The van der Waals surface area contributed by atoms with Crippen LogP contribution in [-0.4, -0.2) is 27.1 Å². The van der Waals surface area contributed by atoms with E-state index in [-0.39, 0.29) is 0 Å². The van der Waals surface area contributed by atoms with E-state index in [4.69, 9.17) is 9.88 Å². The molecule has 2 N–H and O–H groups in total. The van der Waals surface area contributed by atoms with Crippen molar-refractivity contribution in [3.05, 3.63) is 23.8 Å². The van der Waals surface area contributed by atoms with Crippen LogP contribution in [0, 0.1) is 0 Å². The molecule has 0 aliphatic carbocycles. The first kappa shape index (κ1) is 16.3. The lowest BCUT2D eigenvalue weighted by atomic mass is 10.2. The molecular formula is C11H13F2NO5S. The quantitative estimate of drug-likeness (QED) is 0.832. The molecule has 0 unspecified atom stereocenters. The number of rotatable bonds is 5. The molecule has 9 heteroatoms. The monoisotopic (exact) mass is 309 g/mol. The third-order valence-electron chi connectivity index (χ3n) is 2.04. The number of sulfonamides is 1. The number of hydrogen-bond acceptors (Lipinski definition) is 5. The van der Waals surface area contributed by atoms with Gasteiger partial charge in [-0.15, -0.1) is 0 Å². The zero-order valence-electron chi connectivity index (χ0n) is 10.7. The third kappa shape index (κ3) is 4.14. The van der Waals surface area contributed by atoms with E-state index in [0.29, 0.717) is 0 Å². The van der Waals surface area contributed by atoms with Crippen molar-refractivity contribution in [1.82, 2.24) is 0 Å². The Morgan fingerprint density at radius 2 is 1.90 bits per heavy atom. The summed E-state index contributed by atoms with van der Waals surface area (Å²) in [6, 6.07) is 3.25. The minimum absolute atomic E-state index is 0.459. The highest BCUT2D eigenvalue weighted by Crippen LogP contribution is 2.28. The molecule has 0 fully saturated rings. The van der Waals surface area contributed by atoms with Crippen LogP contribution in [0.2, 0.25) is 0 Å². The van der Waals surface area contributed by atoms with Crippen molar-refractivity contribution < 1.29 is 31.5 Å². The molecule has 6 nitrogen and oxygen atoms in total. The van der Waals surface area contributed by atoms with E-state index in [1.165, 1.54) is 6.07 Å². The minimum Gasteiger partial charge on any atom is -0.459 e. The summed E-state index contributed by atoms with van der Waals surface area (Å²) in [6.45, 7) is -0.158. The number of hydrogen-bond donors (Lipinski definition) is 1. The van der Waals surface area contributed by atoms with Crippen molar-refractivity contribution in [2.45, 2.75) is 31.5 Å². The molecule has 20 heavy (non-hydrogen) atoms. The highest BCUT2D eigenvalue weighted by atomic mass is 32.2. The fourth-order valence-corrected chi connectivity index (χ4v) is 2.29. The number of benzene rings is 1. The summed E-state index contributed by atoms with van der Waals surface area (Å²) in [5, 5.41) is 4.94. The van der Waals surface area contributed by atoms with Gasteiger partial charge < -0.3 is 9.47 Å². The van der Waals surface area contributed by atoms with Gasteiger partial charge >= 0.3 is 12.6 Å². The molecule has 0 saturated carbocycles. The minimum atomic E-state index is -4.45. The fraction of sp³-hybridized carbons (Fsp3) is 0.364. The maximum Gasteiger partial charge on any atom is 0.387 e. The van der Waals surface area contributed by atoms with Crippen molar-refractivity contribution in [2.75, 3.05) is 0 Å². The standard InChI is InChI=1S/C11H13F2NO5S/c1-6(2)18-10(15)7-4-3-5-8(19-11(12)13)9(7)20(14,16)17/h3-6,11H,1-2H3,(H2,14,16,17). The van der Waals surface area contributed by atoms with Gasteiger partial charge in [0, 0.05) is 0 Å². The van der Waals surface area contributed by atoms with Crippen molar-refractivity contribution in [3.63, 3.8) is 0 Å². The lowest BCUT2D eigenvalue weighted by Crippen LogP contribution is -2.21. The first-order chi connectivity index (χ1) is 9.12. The Kier molecular flexibility index (Phi) is 5.01. The van der Waals surface area contributed by atoms with Crippen molar-refractivity contribution >= 4 is 16.0 Å². The molecule has 1 aromatic rings. The predicted octanol–water partition coefficient (Wildman–Crippen LogP) is 1.50. The van der Waals surface area contributed by atoms with E-state index in [2.05, 4.69) is 4.74 Å². The predicted molar refractivity (Wildman–Crippen MR) is 65.0 cm³/mol. The molecule has 0 radical (unpaired) electrons. The Hall–Kier alpha value is -1.74. The number of ether oxygens (including phenoxy) is 2. The molecule has 0 aromatic heterocycles. The molecule has 0 spiro atoms. The van der Waals surface area contributed by atoms with Crippen molar-refractivity contribution in [1.29, 1.82) is 0 Å². The Morgan fingerprint density at radius 3 is 2.35 bits per heavy atom. The summed E-state index contributed by atoms with van der Waals surface area (Å²) in [6.07, 6.45) is -0.518. The van der Waals surface area contributed by atoms with Crippen LogP contribution in [0.15, 0.2) is 23.1 Å². The third-order valence-corrected chi connectivity index (χ3v) is 3.03. The summed E-state index contributed by atoms with van der Waals surface area (Å²) >= 11 is 0. The first-order valence-corrected chi connectivity index (χ1v) is 6.99. The van der Waals surface area contributed by atoms with Crippen LogP contribution in [0.5, 0.6) is 5.75 Å². The lowest BCUT2D eigenvalue weighted by Gasteiger charge is -2.14. The maximum absolute atomic E-state index is 12.3. The van der Waals surface area contributed by atoms with Crippen molar-refractivity contribution in [3.8, 4) is 5.75 Å². The molecule has 112 valence electrons. The normalized spacial score (nSPS) is 11.8. The Balaban J connectivity index is 3.41. The van der Waals surface area contributed by atoms with Crippen LogP contribution in [0.1, 0.15) is 24.2 Å². The Bertz CT molecular complexity index is 601. The van der Waals surface area contributed by atoms with Gasteiger partial charge in [0.1, 0.15) is 10.6 Å². The van der Waals surface area contributed by atoms with E-state index in [1.807, 2.05) is 0 Å². The molecule has 0 amide bonds. The van der Waals surface area contributed by atoms with Gasteiger partial charge in [-0.25, -0.2) is 18.4 Å². The molecule has 0 bridgehead atoms. The summed E-state index contributed by atoms with van der Waals surface area (Å²) < 4.78 is 56.4. The fourth-order valence-electron chi connectivity index (χ4n) is 1.44. The molecule has 0 atom stereocenters. The molecule has 1 rings (SSSR count). The zero-order valence-corrected chi connectivity index (χ0v) is 11.5. The molecule has 0 heterocycles. The maximum atomic E-state index is 12.3. The van der Waals surface area contributed by atoms with Gasteiger partial charge in [-0.05, 0) is 26.0 Å². The average Bonchev–Trinajstić information content (AvgIpc) is 2.25. The van der Waals surface area contributed by atoms with E-state index < -0.39 is 44.9 Å². The summed E-state index contributed by atoms with van der Waals surface area (Å²) in [7, 11) is -4.45. The van der Waals surface area contributed by atoms with Gasteiger partial charge in [0.05, 0.1) is 11.7 Å². The van der Waals surface area contributed by atoms with Gasteiger partial charge in [0.2, 0.25) is 10.0 Å². The van der Waals surface area contributed by atoms with Gasteiger partial charge in [-0.3, -0.25) is 0 Å². The van der Waals surface area contributed by atoms with Crippen LogP contribution in [0.4, 0.5) is 8.78 Å². The molecule has 1 aromatic carbocycles. The highest BCUT2D eigenvalue weighted by Gasteiger charge is 2.27. The van der Waals surface area contributed by atoms with Gasteiger partial charge in [-0.2, -0.15) is 8.78 Å². The van der Waals surface area contributed by atoms with Crippen LogP contribution in [0.25, 0.3) is 0 Å². The SMILES string of the molecule is CC(C)OC(=O)c1cccc(OC(F)F)c1S(N)(=O)=O. The molecule has 0 saturated heterocycles. The lowest BCUT2D eigenvalue weighted by molar-refractivity contribution is -0.0519. The Labute approximate surface area is 114 Å². The van der Waals surface area contributed by atoms with Crippen LogP contribution in [0.3, 0.4) is 0 Å². The Morgan fingerprint density at radius 1 is 1.30 bits per heavy atom. The van der Waals surface area contributed by atoms with Crippen molar-refractivity contribution in [2.24, 2.45) is 5.14 Å². The number of nitrogens with two attached hydrogens (primary N) is 1. The number of esters is 1. The number of alkyl halides is 2. The smallest absolute Gasteiger partial charge is 0.387 e. The second-order valence-electron chi connectivity index (χ2n) is 4.01. The number of carbonyl (C=O) groups is 1. The summed E-state index contributed by atoms with van der Waals surface area (Å²) in [5.74, 6) is -1.70. The van der Waals surface area contributed by atoms with E-state index in [9.17, 15) is 22.0 Å². The average molecular weight is 309 g/mol. The largest absolute Gasteiger partial charge is 0.459 e. The van der Waals surface area contributed by atoms with Crippen LogP contribution >= 0.6 is 0 Å². The number of primary sulfonamides is 1. The highest BCUT2D eigenvalue weighted by molar-refractivity contribution is 7.89. The summed E-state index contributed by atoms with van der Waals surface area (Å²) in [5.41, 5.74) is -0.459. The topological polar surface area (TPSA) is 95.7 Å². The second-order valence-corrected chi connectivity index (χ2v) is 5.51. The molecule has 0 aliphatic heterocycles. The molecular weight excluding hydrogens is 296 g/mol.